The third-order valence-electron chi connectivity index (χ3n) is 3.88. The Morgan fingerprint density at radius 2 is 1.72 bits per heavy atom. The number of nitrogens with zero attached hydrogens (tertiary/aromatic N) is 2. The molecule has 5 heteroatoms. The van der Waals surface area contributed by atoms with Crippen molar-refractivity contribution in [3.05, 3.63) is 83.9 Å². The lowest BCUT2D eigenvalue weighted by Gasteiger charge is -2.13. The van der Waals surface area contributed by atoms with Crippen LogP contribution in [0.5, 0.6) is 0 Å². The Morgan fingerprint density at radius 1 is 0.920 bits per heavy atom. The van der Waals surface area contributed by atoms with Crippen molar-refractivity contribution in [2.24, 2.45) is 0 Å². The zero-order chi connectivity index (χ0) is 17.2. The molecule has 25 heavy (non-hydrogen) atoms. The molecule has 1 N–H and O–H groups in total. The highest BCUT2D eigenvalue weighted by Gasteiger charge is 2.11. The van der Waals surface area contributed by atoms with Gasteiger partial charge in [0.15, 0.2) is 0 Å². The Balaban J connectivity index is 1.91. The van der Waals surface area contributed by atoms with Gasteiger partial charge in [0.25, 0.3) is 0 Å². The number of pyridine rings is 2. The number of rotatable bonds is 3. The van der Waals surface area contributed by atoms with Crippen LogP contribution in [-0.4, -0.2) is 9.97 Å². The van der Waals surface area contributed by atoms with E-state index in [0.29, 0.717) is 16.3 Å². The first-order chi connectivity index (χ1) is 12.2. The molecule has 0 saturated heterocycles. The SMILES string of the molecule is Fc1ccc(Cl)c(-c2cc(Nc3ccncc3)c3ccccc3n2)c1. The molecular weight excluding hydrogens is 337 g/mol. The predicted molar refractivity (Wildman–Crippen MR) is 99.7 cm³/mol. The first-order valence-electron chi connectivity index (χ1n) is 7.73. The summed E-state index contributed by atoms with van der Waals surface area (Å²) in [6.45, 7) is 0. The molecule has 0 aliphatic carbocycles. The first-order valence-corrected chi connectivity index (χ1v) is 8.11. The highest BCUT2D eigenvalue weighted by atomic mass is 35.5. The van der Waals surface area contributed by atoms with E-state index < -0.39 is 0 Å². The average Bonchev–Trinajstić information content (AvgIpc) is 2.64. The zero-order valence-electron chi connectivity index (χ0n) is 13.1. The fraction of sp³-hybridized carbons (Fsp3) is 0. The van der Waals surface area contributed by atoms with Gasteiger partial charge in [-0.15, -0.1) is 0 Å². The second kappa shape index (κ2) is 6.49. The topological polar surface area (TPSA) is 37.8 Å². The Kier molecular flexibility index (Phi) is 4.04. The van der Waals surface area contributed by atoms with Gasteiger partial charge in [0.1, 0.15) is 5.82 Å². The van der Waals surface area contributed by atoms with Crippen molar-refractivity contribution in [3.8, 4) is 11.3 Å². The van der Waals surface area contributed by atoms with Crippen LogP contribution in [0.1, 0.15) is 0 Å². The number of anilines is 2. The molecule has 0 unspecified atom stereocenters. The largest absolute Gasteiger partial charge is 0.355 e. The molecule has 0 aliphatic heterocycles. The minimum absolute atomic E-state index is 0.349. The lowest BCUT2D eigenvalue weighted by Crippen LogP contribution is -1.95. The van der Waals surface area contributed by atoms with Crippen molar-refractivity contribution < 1.29 is 4.39 Å². The first kappa shape index (κ1) is 15.5. The number of benzene rings is 2. The molecule has 0 saturated carbocycles. The minimum atomic E-state index is -0.349. The summed E-state index contributed by atoms with van der Waals surface area (Å²) in [4.78, 5) is 8.67. The predicted octanol–water partition coefficient (Wildman–Crippen LogP) is 5.83. The Morgan fingerprint density at radius 3 is 2.56 bits per heavy atom. The number of halogens is 2. The molecule has 2 aromatic heterocycles. The number of hydrogen-bond acceptors (Lipinski definition) is 3. The van der Waals surface area contributed by atoms with Crippen LogP contribution >= 0.6 is 11.6 Å². The number of nitrogens with one attached hydrogen (secondary N) is 1. The van der Waals surface area contributed by atoms with Crippen LogP contribution in [0, 0.1) is 5.82 Å². The van der Waals surface area contributed by atoms with E-state index in [2.05, 4.69) is 15.3 Å². The summed E-state index contributed by atoms with van der Waals surface area (Å²) < 4.78 is 13.7. The van der Waals surface area contributed by atoms with Gasteiger partial charge in [0.2, 0.25) is 0 Å². The van der Waals surface area contributed by atoms with Crippen LogP contribution < -0.4 is 5.32 Å². The van der Waals surface area contributed by atoms with E-state index in [1.54, 1.807) is 18.5 Å². The lowest BCUT2D eigenvalue weighted by atomic mass is 10.1. The third-order valence-corrected chi connectivity index (χ3v) is 4.21. The van der Waals surface area contributed by atoms with Crippen LogP contribution in [0.15, 0.2) is 73.1 Å². The summed E-state index contributed by atoms with van der Waals surface area (Å²) in [6.07, 6.45) is 3.44. The molecule has 2 aromatic carbocycles. The van der Waals surface area contributed by atoms with E-state index in [1.807, 2.05) is 42.5 Å². The maximum Gasteiger partial charge on any atom is 0.123 e. The van der Waals surface area contributed by atoms with Gasteiger partial charge in [-0.05, 0) is 42.5 Å². The Labute approximate surface area is 149 Å². The summed E-state index contributed by atoms with van der Waals surface area (Å²) in [5, 5.41) is 4.80. The van der Waals surface area contributed by atoms with Crippen molar-refractivity contribution in [2.75, 3.05) is 5.32 Å². The molecule has 0 spiro atoms. The van der Waals surface area contributed by atoms with Gasteiger partial charge in [-0.2, -0.15) is 0 Å². The third kappa shape index (κ3) is 3.16. The summed E-state index contributed by atoms with van der Waals surface area (Å²) in [6, 6.07) is 17.7. The van der Waals surface area contributed by atoms with Crippen molar-refractivity contribution in [3.63, 3.8) is 0 Å². The van der Waals surface area contributed by atoms with Gasteiger partial charge >= 0.3 is 0 Å². The normalized spacial score (nSPS) is 10.8. The molecule has 0 radical (unpaired) electrons. The van der Waals surface area contributed by atoms with E-state index in [4.69, 9.17) is 11.6 Å². The van der Waals surface area contributed by atoms with Crippen molar-refractivity contribution >= 4 is 33.9 Å². The second-order valence-corrected chi connectivity index (χ2v) is 5.96. The van der Waals surface area contributed by atoms with Gasteiger partial charge in [0, 0.05) is 29.0 Å². The Hall–Kier alpha value is -2.98. The molecule has 2 heterocycles. The van der Waals surface area contributed by atoms with Gasteiger partial charge in [-0.3, -0.25) is 4.98 Å². The molecule has 0 aliphatic rings. The van der Waals surface area contributed by atoms with Gasteiger partial charge in [-0.25, -0.2) is 9.37 Å². The van der Waals surface area contributed by atoms with E-state index in [-0.39, 0.29) is 5.82 Å². The van der Waals surface area contributed by atoms with E-state index >= 15 is 0 Å². The highest BCUT2D eigenvalue weighted by molar-refractivity contribution is 6.33. The molecule has 0 amide bonds. The zero-order valence-corrected chi connectivity index (χ0v) is 13.8. The average molecular weight is 350 g/mol. The van der Waals surface area contributed by atoms with E-state index in [9.17, 15) is 4.39 Å². The summed E-state index contributed by atoms with van der Waals surface area (Å²) in [5.41, 5.74) is 3.75. The summed E-state index contributed by atoms with van der Waals surface area (Å²) >= 11 is 6.26. The quantitative estimate of drug-likeness (QED) is 0.505. The molecule has 4 rings (SSSR count). The van der Waals surface area contributed by atoms with Crippen molar-refractivity contribution in [2.45, 2.75) is 0 Å². The van der Waals surface area contributed by atoms with Gasteiger partial charge in [0.05, 0.1) is 21.9 Å². The summed E-state index contributed by atoms with van der Waals surface area (Å²) in [7, 11) is 0. The molecule has 0 atom stereocenters. The number of aromatic nitrogens is 2. The number of fused-ring (bicyclic) bond motifs is 1. The molecular formula is C20H13ClFN3. The Bertz CT molecular complexity index is 1050. The van der Waals surface area contributed by atoms with Crippen LogP contribution in [-0.2, 0) is 0 Å². The van der Waals surface area contributed by atoms with Crippen LogP contribution in [0.4, 0.5) is 15.8 Å². The van der Waals surface area contributed by atoms with E-state index in [0.717, 1.165) is 22.3 Å². The smallest absolute Gasteiger partial charge is 0.123 e. The van der Waals surface area contributed by atoms with E-state index in [1.165, 1.54) is 12.1 Å². The highest BCUT2D eigenvalue weighted by Crippen LogP contribution is 2.33. The van der Waals surface area contributed by atoms with Gasteiger partial charge in [-0.1, -0.05) is 29.8 Å². The fourth-order valence-corrected chi connectivity index (χ4v) is 2.92. The maximum atomic E-state index is 13.7. The molecule has 3 nitrogen and oxygen atoms in total. The lowest BCUT2D eigenvalue weighted by molar-refractivity contribution is 0.628. The van der Waals surface area contributed by atoms with Crippen LogP contribution in [0.3, 0.4) is 0 Å². The second-order valence-electron chi connectivity index (χ2n) is 5.56. The van der Waals surface area contributed by atoms with Crippen molar-refractivity contribution in [1.82, 2.24) is 9.97 Å². The standard InChI is InChI=1S/C20H13ClFN3/c21-17-6-5-13(22)11-16(17)20-12-19(24-14-7-9-23-10-8-14)15-3-1-2-4-18(15)25-20/h1-12H,(H,23,24,25). The number of hydrogen-bond donors (Lipinski definition) is 1. The van der Waals surface area contributed by atoms with Crippen molar-refractivity contribution in [1.29, 1.82) is 0 Å². The van der Waals surface area contributed by atoms with Crippen LogP contribution in [0.25, 0.3) is 22.2 Å². The van der Waals surface area contributed by atoms with Gasteiger partial charge < -0.3 is 5.32 Å². The molecule has 0 fully saturated rings. The monoisotopic (exact) mass is 349 g/mol. The van der Waals surface area contributed by atoms with Crippen LogP contribution in [0.2, 0.25) is 5.02 Å². The molecule has 122 valence electrons. The molecule has 0 bridgehead atoms. The molecule has 4 aromatic rings. The minimum Gasteiger partial charge on any atom is -0.355 e. The number of para-hydroxylation sites is 1. The summed E-state index contributed by atoms with van der Waals surface area (Å²) in [5.74, 6) is -0.349. The maximum absolute atomic E-state index is 13.7. The fourth-order valence-electron chi connectivity index (χ4n) is 2.70.